The summed E-state index contributed by atoms with van der Waals surface area (Å²) in [6.07, 6.45) is 3.52. The highest BCUT2D eigenvalue weighted by Crippen LogP contribution is 2.22. The first-order chi connectivity index (χ1) is 16.0. The second-order valence-corrected chi connectivity index (χ2v) is 7.66. The van der Waals surface area contributed by atoms with Gasteiger partial charge in [0.15, 0.2) is 0 Å². The van der Waals surface area contributed by atoms with Gasteiger partial charge in [-0.2, -0.15) is 0 Å². The highest BCUT2D eigenvalue weighted by Gasteiger charge is 2.13. The normalized spacial score (nSPS) is 10.5. The van der Waals surface area contributed by atoms with Gasteiger partial charge < -0.3 is 15.0 Å². The fourth-order valence-electron chi connectivity index (χ4n) is 3.41. The third-order valence-electron chi connectivity index (χ3n) is 5.13. The molecule has 2 aromatic carbocycles. The van der Waals surface area contributed by atoms with E-state index in [1.807, 2.05) is 61.5 Å². The number of nitrogens with one attached hydrogen (secondary N) is 1. The van der Waals surface area contributed by atoms with Crippen LogP contribution in [-0.4, -0.2) is 39.9 Å². The van der Waals surface area contributed by atoms with Gasteiger partial charge in [-0.3, -0.25) is 9.78 Å². The lowest BCUT2D eigenvalue weighted by molar-refractivity contribution is 0.0783. The minimum atomic E-state index is -0.0854. The number of amides is 1. The largest absolute Gasteiger partial charge is 0.497 e. The summed E-state index contributed by atoms with van der Waals surface area (Å²) >= 11 is 0. The zero-order chi connectivity index (χ0) is 23.2. The second kappa shape index (κ2) is 9.91. The van der Waals surface area contributed by atoms with Crippen LogP contribution in [0.2, 0.25) is 0 Å². The van der Waals surface area contributed by atoms with Crippen LogP contribution in [0.1, 0.15) is 21.7 Å². The Labute approximate surface area is 193 Å². The lowest BCUT2D eigenvalue weighted by Gasteiger charge is -2.17. The molecule has 4 rings (SSSR count). The first-order valence-electron chi connectivity index (χ1n) is 10.5. The summed E-state index contributed by atoms with van der Waals surface area (Å²) in [6, 6.07) is 20.8. The molecule has 0 spiro atoms. The first kappa shape index (κ1) is 22.0. The van der Waals surface area contributed by atoms with Crippen LogP contribution in [0.5, 0.6) is 5.75 Å². The molecule has 0 aliphatic heterocycles. The Morgan fingerprint density at radius 1 is 0.970 bits per heavy atom. The van der Waals surface area contributed by atoms with Crippen LogP contribution < -0.4 is 10.1 Å². The van der Waals surface area contributed by atoms with Crippen LogP contribution in [0, 0.1) is 6.92 Å². The Hall–Kier alpha value is -4.26. The number of ether oxygens (including phenoxy) is 1. The fraction of sp³-hybridized carbons (Fsp3) is 0.154. The van der Waals surface area contributed by atoms with Gasteiger partial charge in [-0.05, 0) is 55.0 Å². The SMILES string of the molecule is COc1ccc(-c2cnc(Nc3cccc(C(=O)N(C)Cc4cccc(C)n4)c3)nc2)cc1. The van der Waals surface area contributed by atoms with E-state index in [0.717, 1.165) is 34.0 Å². The molecular weight excluding hydrogens is 414 g/mol. The number of aryl methyl sites for hydroxylation is 1. The third-order valence-corrected chi connectivity index (χ3v) is 5.13. The molecule has 2 heterocycles. The highest BCUT2D eigenvalue weighted by atomic mass is 16.5. The van der Waals surface area contributed by atoms with Crippen molar-refractivity contribution in [3.63, 3.8) is 0 Å². The van der Waals surface area contributed by atoms with Gasteiger partial charge in [-0.15, -0.1) is 0 Å². The summed E-state index contributed by atoms with van der Waals surface area (Å²) in [5.74, 6) is 1.17. The van der Waals surface area contributed by atoms with E-state index >= 15 is 0 Å². The molecule has 0 radical (unpaired) electrons. The molecule has 0 saturated carbocycles. The van der Waals surface area contributed by atoms with E-state index in [4.69, 9.17) is 4.74 Å². The van der Waals surface area contributed by atoms with Crippen LogP contribution in [0.4, 0.5) is 11.6 Å². The predicted molar refractivity (Wildman–Crippen MR) is 129 cm³/mol. The molecule has 0 bridgehead atoms. The van der Waals surface area contributed by atoms with E-state index in [9.17, 15) is 4.79 Å². The Morgan fingerprint density at radius 3 is 2.39 bits per heavy atom. The van der Waals surface area contributed by atoms with Gasteiger partial charge in [0, 0.05) is 41.9 Å². The number of methoxy groups -OCH3 is 1. The zero-order valence-electron chi connectivity index (χ0n) is 18.8. The Morgan fingerprint density at radius 2 is 1.70 bits per heavy atom. The smallest absolute Gasteiger partial charge is 0.254 e. The van der Waals surface area contributed by atoms with Crippen molar-refractivity contribution >= 4 is 17.5 Å². The average molecular weight is 440 g/mol. The topological polar surface area (TPSA) is 80.2 Å². The van der Waals surface area contributed by atoms with E-state index in [0.29, 0.717) is 18.1 Å². The fourth-order valence-corrected chi connectivity index (χ4v) is 3.41. The summed E-state index contributed by atoms with van der Waals surface area (Å²) in [5, 5.41) is 3.17. The maximum atomic E-state index is 12.9. The number of pyridine rings is 1. The number of rotatable bonds is 7. The van der Waals surface area contributed by atoms with E-state index < -0.39 is 0 Å². The molecular formula is C26H25N5O2. The first-order valence-corrected chi connectivity index (χ1v) is 10.5. The van der Waals surface area contributed by atoms with Gasteiger partial charge in [-0.1, -0.05) is 24.3 Å². The lowest BCUT2D eigenvalue weighted by atomic mass is 10.1. The van der Waals surface area contributed by atoms with Crippen molar-refractivity contribution in [2.24, 2.45) is 0 Å². The number of anilines is 2. The molecule has 166 valence electrons. The molecule has 0 saturated heterocycles. The molecule has 7 heteroatoms. The second-order valence-electron chi connectivity index (χ2n) is 7.66. The van der Waals surface area contributed by atoms with Crippen molar-refractivity contribution in [3.05, 3.63) is 96.1 Å². The number of hydrogen-bond donors (Lipinski definition) is 1. The molecule has 33 heavy (non-hydrogen) atoms. The summed E-state index contributed by atoms with van der Waals surface area (Å²) < 4.78 is 5.19. The standard InChI is InChI=1S/C26H25N5O2/c1-18-6-4-9-23(29-18)17-31(2)25(32)20-7-5-8-22(14-20)30-26-27-15-21(16-28-26)19-10-12-24(33-3)13-11-19/h4-16H,17H2,1-3H3,(H,27,28,30). The minimum Gasteiger partial charge on any atom is -0.497 e. The molecule has 7 nitrogen and oxygen atoms in total. The summed E-state index contributed by atoms with van der Waals surface area (Å²) in [7, 11) is 3.41. The van der Waals surface area contributed by atoms with Gasteiger partial charge in [0.2, 0.25) is 5.95 Å². The number of aromatic nitrogens is 3. The van der Waals surface area contributed by atoms with E-state index in [1.165, 1.54) is 0 Å². The van der Waals surface area contributed by atoms with Gasteiger partial charge in [-0.25, -0.2) is 9.97 Å². The Kier molecular flexibility index (Phi) is 6.59. The monoisotopic (exact) mass is 439 g/mol. The molecule has 1 amide bonds. The number of benzene rings is 2. The number of carbonyl (C=O) groups excluding carboxylic acids is 1. The molecule has 1 N–H and O–H groups in total. The molecule has 0 aliphatic rings. The molecule has 0 atom stereocenters. The van der Waals surface area contributed by atoms with Gasteiger partial charge in [0.1, 0.15) is 5.75 Å². The third kappa shape index (κ3) is 5.51. The Balaban J connectivity index is 1.43. The van der Waals surface area contributed by atoms with Crippen molar-refractivity contribution in [2.75, 3.05) is 19.5 Å². The number of hydrogen-bond acceptors (Lipinski definition) is 6. The maximum Gasteiger partial charge on any atom is 0.254 e. The van der Waals surface area contributed by atoms with E-state index in [-0.39, 0.29) is 5.91 Å². The van der Waals surface area contributed by atoms with Crippen LogP contribution >= 0.6 is 0 Å². The molecule has 0 fully saturated rings. The summed E-state index contributed by atoms with van der Waals surface area (Å²) in [6.45, 7) is 2.38. The average Bonchev–Trinajstić information content (AvgIpc) is 2.84. The predicted octanol–water partition coefficient (Wildman–Crippen LogP) is 4.87. The Bertz CT molecular complexity index is 1240. The highest BCUT2D eigenvalue weighted by molar-refractivity contribution is 5.95. The molecule has 0 aliphatic carbocycles. The molecule has 2 aromatic heterocycles. The number of nitrogens with zero attached hydrogens (tertiary/aromatic N) is 4. The minimum absolute atomic E-state index is 0.0854. The van der Waals surface area contributed by atoms with Crippen LogP contribution in [0.3, 0.4) is 0 Å². The van der Waals surface area contributed by atoms with E-state index in [2.05, 4.69) is 20.3 Å². The van der Waals surface area contributed by atoms with Crippen molar-refractivity contribution < 1.29 is 9.53 Å². The van der Waals surface area contributed by atoms with Gasteiger partial charge >= 0.3 is 0 Å². The summed E-state index contributed by atoms with van der Waals surface area (Å²) in [4.78, 5) is 27.9. The number of carbonyl (C=O) groups is 1. The maximum absolute atomic E-state index is 12.9. The zero-order valence-corrected chi connectivity index (χ0v) is 18.8. The lowest BCUT2D eigenvalue weighted by Crippen LogP contribution is -2.26. The quantitative estimate of drug-likeness (QED) is 0.442. The van der Waals surface area contributed by atoms with Crippen LogP contribution in [0.25, 0.3) is 11.1 Å². The molecule has 0 unspecified atom stereocenters. The van der Waals surface area contributed by atoms with Crippen molar-refractivity contribution in [3.8, 4) is 16.9 Å². The summed E-state index contributed by atoms with van der Waals surface area (Å²) in [5.41, 5.74) is 4.99. The van der Waals surface area contributed by atoms with Gasteiger partial charge in [0.25, 0.3) is 5.91 Å². The van der Waals surface area contributed by atoms with Crippen molar-refractivity contribution in [1.29, 1.82) is 0 Å². The van der Waals surface area contributed by atoms with Crippen LogP contribution in [-0.2, 0) is 6.54 Å². The van der Waals surface area contributed by atoms with Crippen molar-refractivity contribution in [2.45, 2.75) is 13.5 Å². The van der Waals surface area contributed by atoms with E-state index in [1.54, 1.807) is 43.6 Å². The molecule has 4 aromatic rings. The van der Waals surface area contributed by atoms with Crippen molar-refractivity contribution in [1.82, 2.24) is 19.9 Å². The van der Waals surface area contributed by atoms with Gasteiger partial charge in [0.05, 0.1) is 19.3 Å². The van der Waals surface area contributed by atoms with Crippen LogP contribution in [0.15, 0.2) is 79.1 Å².